The van der Waals surface area contributed by atoms with Gasteiger partial charge in [0, 0.05) is 19.3 Å². The van der Waals surface area contributed by atoms with Gasteiger partial charge < -0.3 is 14.0 Å². The fourth-order valence-electron chi connectivity index (χ4n) is 4.28. The Labute approximate surface area is 256 Å². The van der Waals surface area contributed by atoms with Crippen molar-refractivity contribution in [3.63, 3.8) is 0 Å². The summed E-state index contributed by atoms with van der Waals surface area (Å²) in [5.74, 6) is -0.388. The quantitative estimate of drug-likeness (QED) is 0.0847. The van der Waals surface area contributed by atoms with Gasteiger partial charge in [0.25, 0.3) is 0 Å². The van der Waals surface area contributed by atoms with Crippen molar-refractivity contribution in [2.75, 3.05) is 26.9 Å². The van der Waals surface area contributed by atoms with Crippen LogP contribution in [0, 0.1) is 17.1 Å². The highest BCUT2D eigenvalue weighted by Crippen LogP contribution is 2.50. The van der Waals surface area contributed by atoms with E-state index in [9.17, 15) is 8.96 Å². The summed E-state index contributed by atoms with van der Waals surface area (Å²) in [7, 11) is -2.81. The smallest absolute Gasteiger partial charge is 0.402 e. The van der Waals surface area contributed by atoms with E-state index in [0.717, 1.165) is 18.9 Å². The van der Waals surface area contributed by atoms with Crippen molar-refractivity contribution in [3.8, 4) is 11.8 Å². The first-order valence-electron chi connectivity index (χ1n) is 15.0. The lowest BCUT2D eigenvalue weighted by Gasteiger charge is -2.22. The summed E-state index contributed by atoms with van der Waals surface area (Å²) < 4.78 is 55.3. The van der Waals surface area contributed by atoms with E-state index in [2.05, 4.69) is 6.92 Å². The first-order chi connectivity index (χ1) is 20.4. The summed E-state index contributed by atoms with van der Waals surface area (Å²) in [6.45, 7) is 2.66. The molecular weight excluding hydrogens is 580 g/mol. The minimum absolute atomic E-state index is 0.0871. The molecule has 0 aliphatic rings. The molecule has 10 heteroatoms. The van der Waals surface area contributed by atoms with E-state index < -0.39 is 19.7 Å². The maximum absolute atomic E-state index is 14.4. The number of phosphoric ester groups is 1. The predicted molar refractivity (Wildman–Crippen MR) is 164 cm³/mol. The molecule has 2 aromatic rings. The van der Waals surface area contributed by atoms with Gasteiger partial charge in [0.2, 0.25) is 0 Å². The van der Waals surface area contributed by atoms with Crippen LogP contribution in [0.2, 0.25) is 5.02 Å². The zero-order valence-electron chi connectivity index (χ0n) is 25.0. The maximum Gasteiger partial charge on any atom is 0.529 e. The Kier molecular flexibility index (Phi) is 18.7. The molecule has 0 aliphatic carbocycles. The molecule has 42 heavy (non-hydrogen) atoms. The van der Waals surface area contributed by atoms with Crippen molar-refractivity contribution in [2.45, 2.75) is 96.7 Å². The van der Waals surface area contributed by atoms with Gasteiger partial charge in [-0.3, -0.25) is 9.05 Å². The summed E-state index contributed by atoms with van der Waals surface area (Å²) in [4.78, 5) is 0. The fourth-order valence-corrected chi connectivity index (χ4v) is 5.49. The SMILES string of the molecule is CCCCCCCCCCCCCCOC[C@H](COP(=O)(OC)Oc1ccccc1Cl)OCc1ccc(C#N)cc1F. The molecule has 234 valence electrons. The van der Waals surface area contributed by atoms with E-state index in [4.69, 9.17) is 39.9 Å². The molecule has 0 saturated heterocycles. The molecule has 0 saturated carbocycles. The molecule has 0 aliphatic heterocycles. The zero-order valence-corrected chi connectivity index (χ0v) is 26.7. The number of nitriles is 1. The maximum atomic E-state index is 14.4. The van der Waals surface area contributed by atoms with Gasteiger partial charge >= 0.3 is 7.82 Å². The van der Waals surface area contributed by atoms with E-state index in [1.165, 1.54) is 83.5 Å². The van der Waals surface area contributed by atoms with Crippen LogP contribution >= 0.6 is 19.4 Å². The minimum Gasteiger partial charge on any atom is -0.402 e. The molecule has 0 radical (unpaired) electrons. The molecule has 2 aromatic carbocycles. The molecule has 0 bridgehead atoms. The third kappa shape index (κ3) is 15.0. The van der Waals surface area contributed by atoms with Crippen LogP contribution in [0.1, 0.15) is 95.1 Å². The van der Waals surface area contributed by atoms with Crippen LogP contribution in [0.4, 0.5) is 4.39 Å². The van der Waals surface area contributed by atoms with Crippen LogP contribution < -0.4 is 4.52 Å². The summed E-state index contributed by atoms with van der Waals surface area (Å²) in [5, 5.41) is 9.24. The summed E-state index contributed by atoms with van der Waals surface area (Å²) in [6.07, 6.45) is 14.4. The molecule has 0 amide bonds. The number of benzene rings is 2. The van der Waals surface area contributed by atoms with Crippen molar-refractivity contribution < 1.29 is 32.0 Å². The van der Waals surface area contributed by atoms with E-state index in [0.29, 0.717) is 6.61 Å². The molecule has 0 spiro atoms. The Hall–Kier alpha value is -1.98. The Morgan fingerprint density at radius 2 is 1.57 bits per heavy atom. The number of halogens is 2. The van der Waals surface area contributed by atoms with Crippen molar-refractivity contribution in [3.05, 3.63) is 64.4 Å². The highest BCUT2D eigenvalue weighted by Gasteiger charge is 2.30. The number of hydrogen-bond donors (Lipinski definition) is 0. The highest BCUT2D eigenvalue weighted by molar-refractivity contribution is 7.48. The van der Waals surface area contributed by atoms with Gasteiger partial charge in [-0.15, -0.1) is 0 Å². The lowest BCUT2D eigenvalue weighted by molar-refractivity contribution is -0.0502. The van der Waals surface area contributed by atoms with Gasteiger partial charge in [-0.2, -0.15) is 5.26 Å². The Balaban J connectivity index is 1.79. The van der Waals surface area contributed by atoms with Gasteiger partial charge in [-0.1, -0.05) is 107 Å². The monoisotopic (exact) mass is 625 g/mol. The molecular formula is C32H46ClFNO6P. The predicted octanol–water partition coefficient (Wildman–Crippen LogP) is 9.80. The molecule has 7 nitrogen and oxygen atoms in total. The molecule has 0 aromatic heterocycles. The van der Waals surface area contributed by atoms with Crippen LogP contribution in [-0.4, -0.2) is 33.0 Å². The van der Waals surface area contributed by atoms with Crippen molar-refractivity contribution in [2.24, 2.45) is 0 Å². The molecule has 2 atom stereocenters. The van der Waals surface area contributed by atoms with E-state index in [1.54, 1.807) is 24.3 Å². The van der Waals surface area contributed by atoms with Gasteiger partial charge in [-0.25, -0.2) is 8.96 Å². The molecule has 0 N–H and O–H groups in total. The summed E-state index contributed by atoms with van der Waals surface area (Å²) in [6, 6.07) is 12.6. The zero-order chi connectivity index (χ0) is 30.5. The molecule has 0 heterocycles. The van der Waals surface area contributed by atoms with Gasteiger partial charge in [-0.05, 0) is 30.7 Å². The van der Waals surface area contributed by atoms with E-state index in [1.807, 2.05) is 6.07 Å². The number of hydrogen-bond acceptors (Lipinski definition) is 7. The lowest BCUT2D eigenvalue weighted by atomic mass is 10.1. The number of rotatable bonds is 24. The Morgan fingerprint density at radius 3 is 2.17 bits per heavy atom. The second-order valence-corrected chi connectivity index (χ2v) is 12.4. The van der Waals surface area contributed by atoms with Crippen molar-refractivity contribution in [1.29, 1.82) is 5.26 Å². The second kappa shape index (κ2) is 21.7. The molecule has 1 unspecified atom stereocenters. The van der Waals surface area contributed by atoms with Gasteiger partial charge in [0.15, 0.2) is 0 Å². The van der Waals surface area contributed by atoms with Crippen LogP contribution in [0.15, 0.2) is 42.5 Å². The fraction of sp³-hybridized carbons (Fsp3) is 0.594. The topological polar surface area (TPSA) is 87.0 Å². The normalized spacial score (nSPS) is 13.4. The average molecular weight is 626 g/mol. The average Bonchev–Trinajstić information content (AvgIpc) is 3.00. The van der Waals surface area contributed by atoms with E-state index >= 15 is 0 Å². The van der Waals surface area contributed by atoms with Gasteiger partial charge in [0.05, 0.1) is 36.5 Å². The lowest BCUT2D eigenvalue weighted by Crippen LogP contribution is -2.26. The summed E-state index contributed by atoms with van der Waals surface area (Å²) >= 11 is 6.12. The number of para-hydroxylation sites is 1. The Morgan fingerprint density at radius 1 is 0.929 bits per heavy atom. The number of nitrogens with zero attached hydrogens (tertiary/aromatic N) is 1. The number of ether oxygens (including phenoxy) is 2. The largest absolute Gasteiger partial charge is 0.529 e. The molecule has 0 fully saturated rings. The first kappa shape index (κ1) is 36.2. The minimum atomic E-state index is -4.02. The van der Waals surface area contributed by atoms with Crippen LogP contribution in [0.25, 0.3) is 0 Å². The third-order valence-corrected chi connectivity index (χ3v) is 8.44. The van der Waals surface area contributed by atoms with Crippen LogP contribution in [-0.2, 0) is 29.7 Å². The Bertz CT molecular complexity index is 1110. The van der Waals surface area contributed by atoms with Gasteiger partial charge in [0.1, 0.15) is 17.7 Å². The van der Waals surface area contributed by atoms with E-state index in [-0.39, 0.29) is 41.7 Å². The van der Waals surface area contributed by atoms with Crippen LogP contribution in [0.3, 0.4) is 0 Å². The molecule has 2 rings (SSSR count). The second-order valence-electron chi connectivity index (χ2n) is 10.3. The number of unbranched alkanes of at least 4 members (excludes halogenated alkanes) is 11. The first-order valence-corrected chi connectivity index (χ1v) is 16.9. The third-order valence-electron chi connectivity index (χ3n) is 6.79. The standard InChI is InChI=1S/C32H46ClFNO6P/c1-3-4-5-6-7-8-9-10-11-12-13-16-21-38-25-29(39-24-28-20-19-27(23-35)22-31(28)34)26-40-42(36,37-2)41-32-18-15-14-17-30(32)33/h14-15,17-20,22,29H,3-13,16,21,24-26H2,1-2H3/t29-,42?/m1/s1. The highest BCUT2D eigenvalue weighted by atomic mass is 35.5. The summed E-state index contributed by atoms with van der Waals surface area (Å²) in [5.41, 5.74) is 0.502. The van der Waals surface area contributed by atoms with Crippen molar-refractivity contribution >= 4 is 19.4 Å². The number of phosphoric acid groups is 1. The van der Waals surface area contributed by atoms with Crippen molar-refractivity contribution in [1.82, 2.24) is 0 Å². The van der Waals surface area contributed by atoms with Crippen LogP contribution in [0.5, 0.6) is 5.75 Å².